The van der Waals surface area contributed by atoms with Crippen molar-refractivity contribution < 1.29 is 19.4 Å². The molecular weight excluding hydrogens is 272 g/mol. The number of anilines is 1. The van der Waals surface area contributed by atoms with Gasteiger partial charge < -0.3 is 15.2 Å². The Kier molecular flexibility index (Phi) is 4.50. The first-order valence-corrected chi connectivity index (χ1v) is 6.23. The fourth-order valence-electron chi connectivity index (χ4n) is 1.70. The molecule has 2 aromatic rings. The van der Waals surface area contributed by atoms with Crippen LogP contribution in [0.25, 0.3) is 0 Å². The van der Waals surface area contributed by atoms with Crippen molar-refractivity contribution >= 4 is 17.6 Å². The number of hydrogen-bond acceptors (Lipinski definition) is 4. The number of hydrogen-bond donors (Lipinski definition) is 2. The molecule has 1 amide bonds. The van der Waals surface area contributed by atoms with Crippen molar-refractivity contribution in [3.63, 3.8) is 0 Å². The molecule has 1 heterocycles. The molecule has 0 aliphatic heterocycles. The molecule has 6 nitrogen and oxygen atoms in total. The zero-order chi connectivity index (χ0) is 15.2. The number of carboxylic acid groups (broad SMARTS) is 1. The summed E-state index contributed by atoms with van der Waals surface area (Å²) in [6, 6.07) is 9.85. The summed E-state index contributed by atoms with van der Waals surface area (Å²) in [6.45, 7) is 1.37. The van der Waals surface area contributed by atoms with E-state index in [1.54, 1.807) is 49.5 Å². The zero-order valence-corrected chi connectivity index (χ0v) is 11.4. The summed E-state index contributed by atoms with van der Waals surface area (Å²) < 4.78 is 5.05. The first-order chi connectivity index (χ1) is 10.0. The number of aromatic nitrogens is 1. The SMILES string of the molecule is Cc1cc(C(=O)Nc2cccc(OCC(=O)O)c2)ccn1. The smallest absolute Gasteiger partial charge is 0.341 e. The first-order valence-electron chi connectivity index (χ1n) is 6.23. The van der Waals surface area contributed by atoms with Gasteiger partial charge in [-0.1, -0.05) is 6.07 Å². The highest BCUT2D eigenvalue weighted by Gasteiger charge is 2.07. The highest BCUT2D eigenvalue weighted by atomic mass is 16.5. The van der Waals surface area contributed by atoms with Crippen LogP contribution in [0, 0.1) is 6.92 Å². The van der Waals surface area contributed by atoms with Crippen LogP contribution in [0.15, 0.2) is 42.6 Å². The number of amides is 1. The number of nitrogens with zero attached hydrogens (tertiary/aromatic N) is 1. The molecule has 0 saturated carbocycles. The maximum Gasteiger partial charge on any atom is 0.341 e. The van der Waals surface area contributed by atoms with Crippen LogP contribution < -0.4 is 10.1 Å². The number of carboxylic acids is 1. The predicted molar refractivity (Wildman–Crippen MR) is 76.5 cm³/mol. The predicted octanol–water partition coefficient (Wildman–Crippen LogP) is 2.11. The van der Waals surface area contributed by atoms with Crippen molar-refractivity contribution in [1.29, 1.82) is 0 Å². The molecule has 0 saturated heterocycles. The lowest BCUT2D eigenvalue weighted by atomic mass is 10.2. The van der Waals surface area contributed by atoms with E-state index in [0.29, 0.717) is 17.0 Å². The molecule has 0 aliphatic rings. The molecule has 108 valence electrons. The van der Waals surface area contributed by atoms with Crippen LogP contribution in [0.4, 0.5) is 5.69 Å². The third-order valence-corrected chi connectivity index (χ3v) is 2.61. The summed E-state index contributed by atoms with van der Waals surface area (Å²) in [4.78, 5) is 26.6. The topological polar surface area (TPSA) is 88.5 Å². The van der Waals surface area contributed by atoms with E-state index in [-0.39, 0.29) is 5.91 Å². The van der Waals surface area contributed by atoms with Crippen molar-refractivity contribution in [2.75, 3.05) is 11.9 Å². The number of aryl methyl sites for hydroxylation is 1. The second-order valence-corrected chi connectivity index (χ2v) is 4.35. The highest BCUT2D eigenvalue weighted by Crippen LogP contribution is 2.18. The molecule has 0 spiro atoms. The molecule has 0 unspecified atom stereocenters. The number of nitrogens with one attached hydrogen (secondary N) is 1. The van der Waals surface area contributed by atoms with Gasteiger partial charge in [0.2, 0.25) is 0 Å². The molecule has 6 heteroatoms. The number of ether oxygens (including phenoxy) is 1. The van der Waals surface area contributed by atoms with Crippen LogP contribution in [0.5, 0.6) is 5.75 Å². The maximum absolute atomic E-state index is 12.1. The van der Waals surface area contributed by atoms with E-state index in [1.165, 1.54) is 0 Å². The minimum atomic E-state index is -1.06. The van der Waals surface area contributed by atoms with Gasteiger partial charge in [-0.2, -0.15) is 0 Å². The van der Waals surface area contributed by atoms with Gasteiger partial charge in [0.15, 0.2) is 6.61 Å². The Morgan fingerprint density at radius 2 is 2.10 bits per heavy atom. The molecule has 0 atom stereocenters. The third-order valence-electron chi connectivity index (χ3n) is 2.61. The van der Waals surface area contributed by atoms with Gasteiger partial charge in [-0.25, -0.2) is 4.79 Å². The molecule has 1 aromatic heterocycles. The average molecular weight is 286 g/mol. The lowest BCUT2D eigenvalue weighted by Crippen LogP contribution is -2.13. The highest BCUT2D eigenvalue weighted by molar-refractivity contribution is 6.04. The normalized spacial score (nSPS) is 9.95. The molecule has 0 radical (unpaired) electrons. The monoisotopic (exact) mass is 286 g/mol. The van der Waals surface area contributed by atoms with Gasteiger partial charge >= 0.3 is 5.97 Å². The molecule has 2 N–H and O–H groups in total. The average Bonchev–Trinajstić information content (AvgIpc) is 2.45. The standard InChI is InChI=1S/C15H14N2O4/c1-10-7-11(5-6-16-10)15(20)17-12-3-2-4-13(8-12)21-9-14(18)19/h2-8H,9H2,1H3,(H,17,20)(H,18,19). The fraction of sp³-hybridized carbons (Fsp3) is 0.133. The Balaban J connectivity index is 2.07. The molecule has 0 aliphatic carbocycles. The molecule has 0 fully saturated rings. The lowest BCUT2D eigenvalue weighted by molar-refractivity contribution is -0.139. The number of pyridine rings is 1. The zero-order valence-electron chi connectivity index (χ0n) is 11.4. The molecule has 0 bridgehead atoms. The molecule has 2 rings (SSSR count). The van der Waals surface area contributed by atoms with Crippen LogP contribution in [0.3, 0.4) is 0 Å². The summed E-state index contributed by atoms with van der Waals surface area (Å²) in [5, 5.41) is 11.3. The van der Waals surface area contributed by atoms with E-state index in [1.807, 2.05) is 0 Å². The van der Waals surface area contributed by atoms with Gasteiger partial charge in [0.1, 0.15) is 5.75 Å². The van der Waals surface area contributed by atoms with Crippen LogP contribution in [0.1, 0.15) is 16.1 Å². The minimum Gasteiger partial charge on any atom is -0.482 e. The Hall–Kier alpha value is -2.89. The van der Waals surface area contributed by atoms with Crippen LogP contribution >= 0.6 is 0 Å². The number of aliphatic carboxylic acids is 1. The fourth-order valence-corrected chi connectivity index (χ4v) is 1.70. The lowest BCUT2D eigenvalue weighted by Gasteiger charge is -2.08. The van der Waals surface area contributed by atoms with Crippen molar-refractivity contribution in [2.24, 2.45) is 0 Å². The minimum absolute atomic E-state index is 0.268. The van der Waals surface area contributed by atoms with Gasteiger partial charge in [-0.05, 0) is 31.2 Å². The van der Waals surface area contributed by atoms with E-state index in [2.05, 4.69) is 10.3 Å². The van der Waals surface area contributed by atoms with Gasteiger partial charge in [0.25, 0.3) is 5.91 Å². The van der Waals surface area contributed by atoms with E-state index in [4.69, 9.17) is 9.84 Å². The van der Waals surface area contributed by atoms with E-state index in [0.717, 1.165) is 5.69 Å². The summed E-state index contributed by atoms with van der Waals surface area (Å²) in [6.07, 6.45) is 1.57. The van der Waals surface area contributed by atoms with Crippen molar-refractivity contribution in [2.45, 2.75) is 6.92 Å². The maximum atomic E-state index is 12.1. The van der Waals surface area contributed by atoms with Gasteiger partial charge in [0.05, 0.1) is 0 Å². The van der Waals surface area contributed by atoms with Gasteiger partial charge in [-0.3, -0.25) is 9.78 Å². The van der Waals surface area contributed by atoms with Crippen LogP contribution in [0.2, 0.25) is 0 Å². The molecule has 1 aromatic carbocycles. The van der Waals surface area contributed by atoms with Crippen LogP contribution in [-0.4, -0.2) is 28.6 Å². The number of carbonyl (C=O) groups excluding carboxylic acids is 1. The van der Waals surface area contributed by atoms with Crippen LogP contribution in [-0.2, 0) is 4.79 Å². The quantitative estimate of drug-likeness (QED) is 0.878. The Labute approximate surface area is 121 Å². The second kappa shape index (κ2) is 6.51. The molecule has 21 heavy (non-hydrogen) atoms. The Morgan fingerprint density at radius 3 is 2.81 bits per heavy atom. The number of carbonyl (C=O) groups is 2. The summed E-state index contributed by atoms with van der Waals surface area (Å²) in [5.74, 6) is -0.950. The van der Waals surface area contributed by atoms with Crippen molar-refractivity contribution in [3.05, 3.63) is 53.9 Å². The summed E-state index contributed by atoms with van der Waals surface area (Å²) in [5.41, 5.74) is 1.78. The van der Waals surface area contributed by atoms with Crippen molar-refractivity contribution in [1.82, 2.24) is 4.98 Å². The van der Waals surface area contributed by atoms with Gasteiger partial charge in [0, 0.05) is 29.2 Å². The second-order valence-electron chi connectivity index (χ2n) is 4.35. The van der Waals surface area contributed by atoms with Gasteiger partial charge in [-0.15, -0.1) is 0 Å². The largest absolute Gasteiger partial charge is 0.482 e. The van der Waals surface area contributed by atoms with Crippen molar-refractivity contribution in [3.8, 4) is 5.75 Å². The van der Waals surface area contributed by atoms with E-state index in [9.17, 15) is 9.59 Å². The Morgan fingerprint density at radius 1 is 1.29 bits per heavy atom. The van der Waals surface area contributed by atoms with E-state index < -0.39 is 12.6 Å². The third kappa shape index (κ3) is 4.31. The number of benzene rings is 1. The van der Waals surface area contributed by atoms with E-state index >= 15 is 0 Å². The number of rotatable bonds is 5. The Bertz CT molecular complexity index is 670. The first kappa shape index (κ1) is 14.5. The summed E-state index contributed by atoms with van der Waals surface area (Å²) >= 11 is 0. The summed E-state index contributed by atoms with van der Waals surface area (Å²) in [7, 11) is 0. The molecular formula is C15H14N2O4.